The highest BCUT2D eigenvalue weighted by molar-refractivity contribution is 6.34. The van der Waals surface area contributed by atoms with Crippen LogP contribution in [0.1, 0.15) is 37.8 Å². The van der Waals surface area contributed by atoms with E-state index in [1.54, 1.807) is 0 Å². The van der Waals surface area contributed by atoms with Crippen LogP contribution in [0.3, 0.4) is 0 Å². The third kappa shape index (κ3) is 3.50. The molecule has 3 heteroatoms. The van der Waals surface area contributed by atoms with Crippen LogP contribution in [-0.2, 0) is 0 Å². The van der Waals surface area contributed by atoms with Gasteiger partial charge in [-0.1, -0.05) is 19.9 Å². The molecule has 0 bridgehead atoms. The van der Waals surface area contributed by atoms with E-state index in [0.717, 1.165) is 53.4 Å². The molecule has 96 valence electrons. The van der Waals surface area contributed by atoms with Crippen molar-refractivity contribution in [1.82, 2.24) is 0 Å². The van der Waals surface area contributed by atoms with Crippen molar-refractivity contribution in [1.29, 1.82) is 0 Å². The van der Waals surface area contributed by atoms with Crippen molar-refractivity contribution >= 4 is 15.4 Å². The summed E-state index contributed by atoms with van der Waals surface area (Å²) in [6.07, 6.45) is 2.08. The molecule has 0 unspecified atom stereocenters. The van der Waals surface area contributed by atoms with Crippen molar-refractivity contribution in [3.05, 3.63) is 17.2 Å². The molecule has 0 aliphatic heterocycles. The van der Waals surface area contributed by atoms with E-state index in [-0.39, 0.29) is 0 Å². The van der Waals surface area contributed by atoms with Gasteiger partial charge >= 0.3 is 0 Å². The minimum absolute atomic E-state index is 0.773. The van der Waals surface area contributed by atoms with Gasteiger partial charge in [0.15, 0.2) is 0 Å². The molecule has 0 saturated heterocycles. The minimum atomic E-state index is 0.773. The Bertz CT molecular complexity index is 343. The van der Waals surface area contributed by atoms with Gasteiger partial charge in [0, 0.05) is 15.8 Å². The first kappa shape index (κ1) is 14.1. The van der Waals surface area contributed by atoms with Crippen LogP contribution in [0.25, 0.3) is 0 Å². The van der Waals surface area contributed by atoms with Gasteiger partial charge in [0.2, 0.25) is 0 Å². The summed E-state index contributed by atoms with van der Waals surface area (Å²) in [5.41, 5.74) is 2.39. The third-order valence-corrected chi connectivity index (χ3v) is 3.47. The lowest BCUT2D eigenvalue weighted by atomic mass is 10.1. The Kier molecular flexibility index (Phi) is 5.55. The van der Waals surface area contributed by atoms with E-state index in [0.29, 0.717) is 0 Å². The summed E-state index contributed by atoms with van der Waals surface area (Å²) in [6.45, 7) is 10.0. The van der Waals surface area contributed by atoms with Crippen LogP contribution < -0.4 is 14.7 Å². The summed E-state index contributed by atoms with van der Waals surface area (Å²) in [5.74, 6) is 2.06. The molecular weight excluding hydrogens is 228 g/mol. The standard InChI is InChI=1S/C14H24O2Si/c1-5-7-15-13-10(3)9-12(17)14(11(13)4)16-8-6-2/h9H,5-8H2,1-4,17H3. The highest BCUT2D eigenvalue weighted by atomic mass is 28.1. The quantitative estimate of drug-likeness (QED) is 0.720. The van der Waals surface area contributed by atoms with Gasteiger partial charge in [-0.15, -0.1) is 0 Å². The van der Waals surface area contributed by atoms with Gasteiger partial charge in [-0.2, -0.15) is 0 Å². The number of benzene rings is 1. The highest BCUT2D eigenvalue weighted by Gasteiger charge is 2.12. The Hall–Kier alpha value is -0.963. The zero-order valence-electron chi connectivity index (χ0n) is 11.7. The first-order valence-corrected chi connectivity index (χ1v) is 7.48. The van der Waals surface area contributed by atoms with Crippen molar-refractivity contribution in [2.75, 3.05) is 13.2 Å². The fraction of sp³-hybridized carbons (Fsp3) is 0.571. The normalized spacial score (nSPS) is 10.6. The molecule has 0 aromatic heterocycles. The number of ether oxygens (including phenoxy) is 2. The van der Waals surface area contributed by atoms with Gasteiger partial charge < -0.3 is 9.47 Å². The maximum absolute atomic E-state index is 5.85. The van der Waals surface area contributed by atoms with Gasteiger partial charge in [-0.3, -0.25) is 0 Å². The lowest BCUT2D eigenvalue weighted by molar-refractivity contribution is 0.298. The zero-order valence-corrected chi connectivity index (χ0v) is 13.7. The van der Waals surface area contributed by atoms with E-state index in [1.807, 2.05) is 0 Å². The Morgan fingerprint density at radius 1 is 1.00 bits per heavy atom. The first-order chi connectivity index (χ1) is 8.11. The molecule has 1 aromatic carbocycles. The van der Waals surface area contributed by atoms with Crippen LogP contribution in [-0.4, -0.2) is 23.5 Å². The SMILES string of the molecule is CCCOc1c(C)cc([SiH3])c(OCCC)c1C. The Morgan fingerprint density at radius 2 is 1.53 bits per heavy atom. The monoisotopic (exact) mass is 252 g/mol. The highest BCUT2D eigenvalue weighted by Crippen LogP contribution is 2.29. The molecule has 1 aromatic rings. The van der Waals surface area contributed by atoms with Gasteiger partial charge in [-0.05, 0) is 37.4 Å². The summed E-state index contributed by atoms with van der Waals surface area (Å²) < 4.78 is 11.7. The van der Waals surface area contributed by atoms with Crippen LogP contribution in [0, 0.1) is 13.8 Å². The third-order valence-electron chi connectivity index (χ3n) is 2.73. The van der Waals surface area contributed by atoms with E-state index in [4.69, 9.17) is 9.47 Å². The van der Waals surface area contributed by atoms with E-state index in [2.05, 4.69) is 33.8 Å². The van der Waals surface area contributed by atoms with Crippen LogP contribution in [0.5, 0.6) is 11.5 Å². The molecule has 0 radical (unpaired) electrons. The average Bonchev–Trinajstić information content (AvgIpc) is 2.28. The topological polar surface area (TPSA) is 18.5 Å². The lowest BCUT2D eigenvalue weighted by Gasteiger charge is -2.18. The Balaban J connectivity index is 3.04. The molecule has 0 amide bonds. The van der Waals surface area contributed by atoms with E-state index < -0.39 is 0 Å². The smallest absolute Gasteiger partial charge is 0.128 e. The molecule has 0 fully saturated rings. The number of rotatable bonds is 6. The van der Waals surface area contributed by atoms with E-state index >= 15 is 0 Å². The predicted molar refractivity (Wildman–Crippen MR) is 77.1 cm³/mol. The molecule has 2 nitrogen and oxygen atoms in total. The van der Waals surface area contributed by atoms with Gasteiger partial charge in [0.25, 0.3) is 0 Å². The molecule has 0 atom stereocenters. The second-order valence-corrected chi connectivity index (χ2v) is 5.57. The molecule has 0 spiro atoms. The van der Waals surface area contributed by atoms with Crippen molar-refractivity contribution in [2.45, 2.75) is 40.5 Å². The Labute approximate surface area is 108 Å². The second-order valence-electron chi connectivity index (χ2n) is 4.49. The predicted octanol–water partition coefficient (Wildman–Crippen LogP) is 1.87. The van der Waals surface area contributed by atoms with Crippen molar-refractivity contribution in [2.24, 2.45) is 0 Å². The molecule has 17 heavy (non-hydrogen) atoms. The zero-order chi connectivity index (χ0) is 12.8. The van der Waals surface area contributed by atoms with Crippen molar-refractivity contribution < 1.29 is 9.47 Å². The number of hydrogen-bond acceptors (Lipinski definition) is 2. The second kappa shape index (κ2) is 6.69. The molecule has 1 rings (SSSR count). The van der Waals surface area contributed by atoms with Crippen LogP contribution >= 0.6 is 0 Å². The molecule has 0 aliphatic rings. The molecule has 0 aliphatic carbocycles. The summed E-state index contributed by atoms with van der Waals surface area (Å²) in [4.78, 5) is 0. The fourth-order valence-electron chi connectivity index (χ4n) is 2.00. The molecular formula is C14H24O2Si. The Morgan fingerprint density at radius 3 is 2.06 bits per heavy atom. The minimum Gasteiger partial charge on any atom is -0.493 e. The number of hydrogen-bond donors (Lipinski definition) is 0. The number of aryl methyl sites for hydroxylation is 1. The summed E-state index contributed by atoms with van der Waals surface area (Å²) >= 11 is 0. The average molecular weight is 252 g/mol. The largest absolute Gasteiger partial charge is 0.493 e. The molecule has 0 N–H and O–H groups in total. The summed E-state index contributed by atoms with van der Waals surface area (Å²) in [5, 5.41) is 1.33. The summed E-state index contributed by atoms with van der Waals surface area (Å²) in [6, 6.07) is 2.20. The molecule has 0 saturated carbocycles. The van der Waals surface area contributed by atoms with Crippen molar-refractivity contribution in [3.63, 3.8) is 0 Å². The van der Waals surface area contributed by atoms with Gasteiger partial charge in [-0.25, -0.2) is 0 Å². The first-order valence-electron chi connectivity index (χ1n) is 6.48. The maximum Gasteiger partial charge on any atom is 0.128 e. The lowest BCUT2D eigenvalue weighted by Crippen LogP contribution is -2.14. The van der Waals surface area contributed by atoms with E-state index in [9.17, 15) is 0 Å². The van der Waals surface area contributed by atoms with Gasteiger partial charge in [0.05, 0.1) is 13.2 Å². The summed E-state index contributed by atoms with van der Waals surface area (Å²) in [7, 11) is 1.01. The van der Waals surface area contributed by atoms with Gasteiger partial charge in [0.1, 0.15) is 11.5 Å². The van der Waals surface area contributed by atoms with Crippen LogP contribution in [0.2, 0.25) is 0 Å². The van der Waals surface area contributed by atoms with Crippen molar-refractivity contribution in [3.8, 4) is 11.5 Å². The maximum atomic E-state index is 5.85. The molecule has 0 heterocycles. The van der Waals surface area contributed by atoms with Crippen LogP contribution in [0.15, 0.2) is 6.07 Å². The van der Waals surface area contributed by atoms with E-state index in [1.165, 1.54) is 10.8 Å². The fourth-order valence-corrected chi connectivity index (χ4v) is 2.96. The van der Waals surface area contributed by atoms with Crippen LogP contribution in [0.4, 0.5) is 0 Å².